The van der Waals surface area contributed by atoms with Gasteiger partial charge in [-0.25, -0.2) is 0 Å². The van der Waals surface area contributed by atoms with E-state index in [2.05, 4.69) is 58.7 Å². The van der Waals surface area contributed by atoms with Gasteiger partial charge in [-0.1, -0.05) is 27.7 Å². The highest BCUT2D eigenvalue weighted by molar-refractivity contribution is 4.97. The van der Waals surface area contributed by atoms with Gasteiger partial charge in [-0.05, 0) is 32.2 Å². The van der Waals surface area contributed by atoms with Gasteiger partial charge in [-0.15, -0.1) is 0 Å². The van der Waals surface area contributed by atoms with Crippen molar-refractivity contribution in [1.29, 1.82) is 0 Å². The van der Waals surface area contributed by atoms with Gasteiger partial charge in [0.1, 0.15) is 0 Å². The van der Waals surface area contributed by atoms with Gasteiger partial charge in [0.15, 0.2) is 0 Å². The lowest BCUT2D eigenvalue weighted by Gasteiger charge is -2.28. The highest BCUT2D eigenvalue weighted by Gasteiger charge is 2.10. The van der Waals surface area contributed by atoms with E-state index in [9.17, 15) is 0 Å². The number of H-pyrrole nitrogens is 1. The van der Waals surface area contributed by atoms with E-state index in [1.165, 1.54) is 5.69 Å². The highest BCUT2D eigenvalue weighted by Crippen LogP contribution is 2.02. The number of aromatic amines is 1. The zero-order valence-electron chi connectivity index (χ0n) is 14.3. The summed E-state index contributed by atoms with van der Waals surface area (Å²) in [6, 6.07) is 2.07. The molecule has 0 radical (unpaired) electrons. The Morgan fingerprint density at radius 3 is 1.67 bits per heavy atom. The van der Waals surface area contributed by atoms with E-state index in [0.717, 1.165) is 58.9 Å². The second kappa shape index (κ2) is 10.8. The average Bonchev–Trinajstić information content (AvgIpc) is 3.01. The maximum atomic E-state index is 4.06. The predicted molar refractivity (Wildman–Crippen MR) is 89.4 cm³/mol. The molecule has 0 aliphatic carbocycles. The maximum absolute atomic E-state index is 4.06. The van der Waals surface area contributed by atoms with Crippen LogP contribution in [0.5, 0.6) is 0 Å². The quantitative estimate of drug-likeness (QED) is 0.639. The number of nitrogens with zero attached hydrogens (tertiary/aromatic N) is 4. The summed E-state index contributed by atoms with van der Waals surface area (Å²) >= 11 is 0. The van der Waals surface area contributed by atoms with Crippen molar-refractivity contribution < 1.29 is 0 Å². The first-order valence-electron chi connectivity index (χ1n) is 8.38. The summed E-state index contributed by atoms with van der Waals surface area (Å²) in [4.78, 5) is 7.50. The Kier molecular flexibility index (Phi) is 9.30. The summed E-state index contributed by atoms with van der Waals surface area (Å²) in [5, 5.41) is 7.14. The van der Waals surface area contributed by atoms with Gasteiger partial charge >= 0.3 is 0 Å². The molecule has 1 aromatic heterocycles. The molecule has 5 heteroatoms. The number of aromatic nitrogens is 2. The standard InChI is InChI=1S/C16H33N5/c1-5-19(6-2)11-13-21(14-12-20(7-3)8-4)15-16-9-10-17-18-16/h9-10H,5-8,11-15H2,1-4H3,(H,17,18). The smallest absolute Gasteiger partial charge is 0.0492 e. The molecule has 0 aliphatic rings. The van der Waals surface area contributed by atoms with E-state index in [4.69, 9.17) is 0 Å². The number of likely N-dealkylation sites (N-methyl/N-ethyl adjacent to an activating group) is 2. The van der Waals surface area contributed by atoms with Crippen LogP contribution in [0.25, 0.3) is 0 Å². The predicted octanol–water partition coefficient (Wildman–Crippen LogP) is 1.90. The number of hydrogen-bond donors (Lipinski definition) is 1. The second-order valence-corrected chi connectivity index (χ2v) is 5.41. The van der Waals surface area contributed by atoms with Crippen LogP contribution in [0.2, 0.25) is 0 Å². The molecule has 0 aromatic carbocycles. The molecule has 0 spiro atoms. The molecule has 1 aromatic rings. The van der Waals surface area contributed by atoms with Crippen LogP contribution in [-0.4, -0.2) is 77.3 Å². The first-order chi connectivity index (χ1) is 10.2. The minimum atomic E-state index is 0.961. The third kappa shape index (κ3) is 7.07. The van der Waals surface area contributed by atoms with Crippen LogP contribution in [0.3, 0.4) is 0 Å². The monoisotopic (exact) mass is 295 g/mol. The summed E-state index contributed by atoms with van der Waals surface area (Å²) < 4.78 is 0. The molecular formula is C16H33N5. The molecule has 0 unspecified atom stereocenters. The van der Waals surface area contributed by atoms with E-state index >= 15 is 0 Å². The van der Waals surface area contributed by atoms with Crippen molar-refractivity contribution in [1.82, 2.24) is 24.9 Å². The van der Waals surface area contributed by atoms with Crippen LogP contribution in [-0.2, 0) is 6.54 Å². The van der Waals surface area contributed by atoms with Crippen LogP contribution < -0.4 is 0 Å². The van der Waals surface area contributed by atoms with Crippen molar-refractivity contribution in [2.75, 3.05) is 52.4 Å². The van der Waals surface area contributed by atoms with Crippen molar-refractivity contribution in [2.24, 2.45) is 0 Å². The van der Waals surface area contributed by atoms with E-state index in [1.807, 2.05) is 6.20 Å². The molecule has 1 N–H and O–H groups in total. The van der Waals surface area contributed by atoms with Gasteiger partial charge in [-0.3, -0.25) is 10.00 Å². The first-order valence-corrected chi connectivity index (χ1v) is 8.38. The fourth-order valence-electron chi connectivity index (χ4n) is 2.53. The van der Waals surface area contributed by atoms with Crippen molar-refractivity contribution in [2.45, 2.75) is 34.2 Å². The van der Waals surface area contributed by atoms with Gasteiger partial charge in [0.25, 0.3) is 0 Å². The van der Waals surface area contributed by atoms with Crippen LogP contribution in [0.1, 0.15) is 33.4 Å². The van der Waals surface area contributed by atoms with Crippen molar-refractivity contribution >= 4 is 0 Å². The summed E-state index contributed by atoms with van der Waals surface area (Å²) in [5.41, 5.74) is 1.20. The Balaban J connectivity index is 2.48. The number of rotatable bonds is 12. The zero-order valence-corrected chi connectivity index (χ0v) is 14.3. The fourth-order valence-corrected chi connectivity index (χ4v) is 2.53. The van der Waals surface area contributed by atoms with Gasteiger partial charge in [-0.2, -0.15) is 5.10 Å². The molecule has 0 fully saturated rings. The van der Waals surface area contributed by atoms with E-state index in [-0.39, 0.29) is 0 Å². The van der Waals surface area contributed by atoms with Gasteiger partial charge < -0.3 is 9.80 Å². The molecule has 0 atom stereocenters. The number of nitrogens with one attached hydrogen (secondary N) is 1. The molecule has 21 heavy (non-hydrogen) atoms. The molecule has 5 nitrogen and oxygen atoms in total. The van der Waals surface area contributed by atoms with Crippen LogP contribution >= 0.6 is 0 Å². The third-order valence-electron chi connectivity index (χ3n) is 4.21. The van der Waals surface area contributed by atoms with E-state index in [1.54, 1.807) is 0 Å². The second-order valence-electron chi connectivity index (χ2n) is 5.41. The molecule has 1 heterocycles. The molecule has 0 bridgehead atoms. The van der Waals surface area contributed by atoms with E-state index in [0.29, 0.717) is 0 Å². The normalized spacial score (nSPS) is 12.0. The fraction of sp³-hybridized carbons (Fsp3) is 0.812. The number of hydrogen-bond acceptors (Lipinski definition) is 4. The summed E-state index contributed by atoms with van der Waals surface area (Å²) in [6.45, 7) is 18.9. The van der Waals surface area contributed by atoms with Crippen molar-refractivity contribution in [3.63, 3.8) is 0 Å². The minimum Gasteiger partial charge on any atom is -0.303 e. The molecule has 0 amide bonds. The van der Waals surface area contributed by atoms with Crippen LogP contribution in [0, 0.1) is 0 Å². The molecule has 1 rings (SSSR count). The molecular weight excluding hydrogens is 262 g/mol. The molecule has 0 saturated heterocycles. The Morgan fingerprint density at radius 1 is 0.810 bits per heavy atom. The average molecular weight is 295 g/mol. The Bertz CT molecular complexity index is 314. The first kappa shape index (κ1) is 18.1. The SMILES string of the molecule is CCN(CC)CCN(CCN(CC)CC)Cc1ccn[nH]1. The third-order valence-corrected chi connectivity index (χ3v) is 4.21. The van der Waals surface area contributed by atoms with E-state index < -0.39 is 0 Å². The Labute approximate surface area is 130 Å². The largest absolute Gasteiger partial charge is 0.303 e. The topological polar surface area (TPSA) is 38.4 Å². The zero-order chi connectivity index (χ0) is 15.5. The summed E-state index contributed by atoms with van der Waals surface area (Å²) in [7, 11) is 0. The summed E-state index contributed by atoms with van der Waals surface area (Å²) in [5.74, 6) is 0. The van der Waals surface area contributed by atoms with Gasteiger partial charge in [0, 0.05) is 44.6 Å². The molecule has 0 aliphatic heterocycles. The van der Waals surface area contributed by atoms with Crippen molar-refractivity contribution in [3.05, 3.63) is 18.0 Å². The summed E-state index contributed by atoms with van der Waals surface area (Å²) in [6.07, 6.45) is 1.84. The van der Waals surface area contributed by atoms with Gasteiger partial charge in [0.2, 0.25) is 0 Å². The van der Waals surface area contributed by atoms with Crippen molar-refractivity contribution in [3.8, 4) is 0 Å². The van der Waals surface area contributed by atoms with Crippen LogP contribution in [0.15, 0.2) is 12.3 Å². The van der Waals surface area contributed by atoms with Crippen LogP contribution in [0.4, 0.5) is 0 Å². The maximum Gasteiger partial charge on any atom is 0.0492 e. The molecule has 0 saturated carbocycles. The lowest BCUT2D eigenvalue weighted by Crippen LogP contribution is -2.39. The Hall–Kier alpha value is -0.910. The molecule has 122 valence electrons. The highest BCUT2D eigenvalue weighted by atomic mass is 15.2. The minimum absolute atomic E-state index is 0.961. The van der Waals surface area contributed by atoms with Gasteiger partial charge in [0.05, 0.1) is 0 Å². The lowest BCUT2D eigenvalue weighted by molar-refractivity contribution is 0.179. The Morgan fingerprint density at radius 2 is 1.29 bits per heavy atom. The lowest BCUT2D eigenvalue weighted by atomic mass is 10.3.